The minimum atomic E-state index is -0.291. The van der Waals surface area contributed by atoms with Crippen LogP contribution in [0, 0.1) is 0 Å². The Hall–Kier alpha value is -0.420. The molecule has 80 valence electrons. The van der Waals surface area contributed by atoms with E-state index in [0.29, 0.717) is 25.2 Å². The highest BCUT2D eigenvalue weighted by molar-refractivity contribution is 9.10. The number of esters is 1. The summed E-state index contributed by atoms with van der Waals surface area (Å²) in [5.74, 6) is 0.0485. The van der Waals surface area contributed by atoms with Crippen LogP contribution < -0.4 is 0 Å². The minimum Gasteiger partial charge on any atom is -0.468 e. The second-order valence-electron chi connectivity index (χ2n) is 3.33. The third kappa shape index (κ3) is 3.38. The van der Waals surface area contributed by atoms with Crippen molar-refractivity contribution in [1.29, 1.82) is 0 Å². The predicted molar refractivity (Wildman–Crippen MR) is 55.4 cm³/mol. The van der Waals surface area contributed by atoms with Gasteiger partial charge in [0.05, 0.1) is 7.11 Å². The molecule has 1 saturated heterocycles. The maximum atomic E-state index is 11.1. The molecule has 1 unspecified atom stereocenters. The summed E-state index contributed by atoms with van der Waals surface area (Å²) in [5, 5.41) is 0. The van der Waals surface area contributed by atoms with Crippen LogP contribution in [-0.2, 0) is 14.3 Å². The van der Waals surface area contributed by atoms with Gasteiger partial charge in [-0.3, -0.25) is 9.59 Å². The molecule has 0 amide bonds. The van der Waals surface area contributed by atoms with Crippen molar-refractivity contribution in [3.05, 3.63) is 0 Å². The van der Waals surface area contributed by atoms with Crippen molar-refractivity contribution in [3.63, 3.8) is 0 Å². The van der Waals surface area contributed by atoms with E-state index in [0.717, 1.165) is 13.1 Å². The van der Waals surface area contributed by atoms with Gasteiger partial charge < -0.3 is 9.64 Å². The third-order valence-corrected chi connectivity index (χ3v) is 2.95. The van der Waals surface area contributed by atoms with Crippen LogP contribution in [0.15, 0.2) is 0 Å². The fraction of sp³-hybridized carbons (Fsp3) is 0.778. The van der Waals surface area contributed by atoms with Crippen molar-refractivity contribution in [3.8, 4) is 0 Å². The maximum Gasteiger partial charge on any atom is 0.320 e. The Morgan fingerprint density at radius 2 is 2.14 bits per heavy atom. The zero-order valence-electron chi connectivity index (χ0n) is 8.16. The number of halogens is 1. The van der Waals surface area contributed by atoms with Crippen LogP contribution in [-0.4, -0.2) is 48.2 Å². The first kappa shape index (κ1) is 11.7. The van der Waals surface area contributed by atoms with Crippen LogP contribution in [0.4, 0.5) is 0 Å². The van der Waals surface area contributed by atoms with E-state index in [1.807, 2.05) is 0 Å². The summed E-state index contributed by atoms with van der Waals surface area (Å²) in [4.78, 5) is 23.8. The molecule has 0 aliphatic carbocycles. The van der Waals surface area contributed by atoms with Gasteiger partial charge in [0.15, 0.2) is 0 Å². The standard InChI is InChI=1S/C9H14BrNO3/c1-14-9(13)8(10)6-11-4-2-7(12)3-5-11/h8H,2-6H2,1H3. The monoisotopic (exact) mass is 263 g/mol. The molecule has 0 saturated carbocycles. The van der Waals surface area contributed by atoms with Crippen molar-refractivity contribution >= 4 is 27.7 Å². The lowest BCUT2D eigenvalue weighted by atomic mass is 10.1. The fourth-order valence-electron chi connectivity index (χ4n) is 1.41. The van der Waals surface area contributed by atoms with Gasteiger partial charge in [0.2, 0.25) is 0 Å². The van der Waals surface area contributed by atoms with Crippen molar-refractivity contribution in [2.24, 2.45) is 0 Å². The largest absolute Gasteiger partial charge is 0.468 e. The third-order valence-electron chi connectivity index (χ3n) is 2.29. The summed E-state index contributed by atoms with van der Waals surface area (Å²) >= 11 is 3.25. The number of carbonyl (C=O) groups excluding carboxylic acids is 2. The SMILES string of the molecule is COC(=O)C(Br)CN1CCC(=O)CC1. The number of nitrogens with zero attached hydrogens (tertiary/aromatic N) is 1. The van der Waals surface area contributed by atoms with Gasteiger partial charge in [-0.25, -0.2) is 0 Å². The lowest BCUT2D eigenvalue weighted by molar-refractivity contribution is -0.140. The lowest BCUT2D eigenvalue weighted by Gasteiger charge is -2.26. The first-order valence-electron chi connectivity index (χ1n) is 4.59. The normalized spacial score (nSPS) is 20.6. The molecule has 0 aromatic rings. The van der Waals surface area contributed by atoms with Crippen molar-refractivity contribution in [1.82, 2.24) is 4.90 Å². The Kier molecular flexibility index (Phi) is 4.54. The number of hydrogen-bond donors (Lipinski definition) is 0. The average molecular weight is 264 g/mol. The van der Waals surface area contributed by atoms with Gasteiger partial charge in [-0.05, 0) is 0 Å². The van der Waals surface area contributed by atoms with Crippen molar-refractivity contribution in [2.45, 2.75) is 17.7 Å². The molecule has 1 atom stereocenters. The Balaban J connectivity index is 2.30. The second kappa shape index (κ2) is 5.46. The summed E-state index contributed by atoms with van der Waals surface area (Å²) in [6, 6.07) is 0. The Bertz CT molecular complexity index is 222. The maximum absolute atomic E-state index is 11.1. The van der Waals surface area contributed by atoms with Crippen LogP contribution in [0.5, 0.6) is 0 Å². The van der Waals surface area contributed by atoms with Gasteiger partial charge in [0, 0.05) is 32.5 Å². The van der Waals surface area contributed by atoms with Crippen LogP contribution in [0.1, 0.15) is 12.8 Å². The summed E-state index contributed by atoms with van der Waals surface area (Å²) in [7, 11) is 1.37. The molecule has 1 aliphatic heterocycles. The highest BCUT2D eigenvalue weighted by atomic mass is 79.9. The van der Waals surface area contributed by atoms with Crippen LogP contribution in [0.25, 0.3) is 0 Å². The Morgan fingerprint density at radius 1 is 1.57 bits per heavy atom. The molecule has 4 nitrogen and oxygen atoms in total. The lowest BCUT2D eigenvalue weighted by Crippen LogP contribution is -2.39. The van der Waals surface area contributed by atoms with E-state index in [1.54, 1.807) is 0 Å². The number of piperidine rings is 1. The molecule has 14 heavy (non-hydrogen) atoms. The minimum absolute atomic E-state index is 0.262. The van der Waals surface area contributed by atoms with E-state index in [4.69, 9.17) is 0 Å². The Morgan fingerprint density at radius 3 is 2.64 bits per heavy atom. The molecular weight excluding hydrogens is 250 g/mol. The molecule has 0 aromatic heterocycles. The molecule has 0 bridgehead atoms. The van der Waals surface area contributed by atoms with E-state index in [2.05, 4.69) is 25.6 Å². The van der Waals surface area contributed by atoms with Crippen LogP contribution in [0.3, 0.4) is 0 Å². The van der Waals surface area contributed by atoms with Gasteiger partial charge in [0.1, 0.15) is 10.6 Å². The van der Waals surface area contributed by atoms with Crippen LogP contribution >= 0.6 is 15.9 Å². The topological polar surface area (TPSA) is 46.6 Å². The molecule has 1 fully saturated rings. The first-order chi connectivity index (χ1) is 6.63. The second-order valence-corrected chi connectivity index (χ2v) is 4.44. The number of ketones is 1. The van der Waals surface area contributed by atoms with E-state index >= 15 is 0 Å². The smallest absolute Gasteiger partial charge is 0.320 e. The molecule has 5 heteroatoms. The number of likely N-dealkylation sites (tertiary alicyclic amines) is 1. The summed E-state index contributed by atoms with van der Waals surface area (Å²) in [5.41, 5.74) is 0. The molecule has 0 radical (unpaired) electrons. The molecular formula is C9H14BrNO3. The van der Waals surface area contributed by atoms with Gasteiger partial charge in [-0.2, -0.15) is 0 Å². The number of Topliss-reactive ketones (excluding diaryl/α,β-unsaturated/α-hetero) is 1. The number of methoxy groups -OCH3 is 1. The van der Waals surface area contributed by atoms with Crippen LogP contribution in [0.2, 0.25) is 0 Å². The zero-order valence-corrected chi connectivity index (χ0v) is 9.75. The quantitative estimate of drug-likeness (QED) is 0.553. The van der Waals surface area contributed by atoms with Crippen molar-refractivity contribution < 1.29 is 14.3 Å². The highest BCUT2D eigenvalue weighted by Gasteiger charge is 2.22. The Labute approximate surface area is 91.7 Å². The number of hydrogen-bond acceptors (Lipinski definition) is 4. The molecule has 1 rings (SSSR count). The number of alkyl halides is 1. The predicted octanol–water partition coefficient (Wildman–Crippen LogP) is 0.588. The molecule has 1 aliphatic rings. The summed E-state index contributed by atoms with van der Waals surface area (Å²) < 4.78 is 4.60. The van der Waals surface area contributed by atoms with Gasteiger partial charge >= 0.3 is 5.97 Å². The molecule has 0 spiro atoms. The molecule has 0 N–H and O–H groups in total. The van der Waals surface area contributed by atoms with E-state index in [1.165, 1.54) is 7.11 Å². The van der Waals surface area contributed by atoms with E-state index in [9.17, 15) is 9.59 Å². The highest BCUT2D eigenvalue weighted by Crippen LogP contribution is 2.10. The van der Waals surface area contributed by atoms with Gasteiger partial charge in [-0.1, -0.05) is 15.9 Å². The van der Waals surface area contributed by atoms with Crippen molar-refractivity contribution in [2.75, 3.05) is 26.7 Å². The van der Waals surface area contributed by atoms with E-state index < -0.39 is 0 Å². The zero-order chi connectivity index (χ0) is 10.6. The fourth-order valence-corrected chi connectivity index (χ4v) is 2.01. The van der Waals surface area contributed by atoms with Gasteiger partial charge in [-0.15, -0.1) is 0 Å². The summed E-state index contributed by atoms with van der Waals surface area (Å²) in [6.07, 6.45) is 1.20. The molecule has 0 aromatic carbocycles. The van der Waals surface area contributed by atoms with E-state index in [-0.39, 0.29) is 10.8 Å². The first-order valence-corrected chi connectivity index (χ1v) is 5.51. The number of ether oxygens (including phenoxy) is 1. The number of rotatable bonds is 3. The van der Waals surface area contributed by atoms with Gasteiger partial charge in [0.25, 0.3) is 0 Å². The number of carbonyl (C=O) groups is 2. The molecule has 1 heterocycles. The summed E-state index contributed by atoms with van der Waals surface area (Å²) in [6.45, 7) is 2.11. The average Bonchev–Trinajstić information content (AvgIpc) is 2.20.